The van der Waals surface area contributed by atoms with E-state index in [0.717, 1.165) is 34.2 Å². The van der Waals surface area contributed by atoms with E-state index in [9.17, 15) is 9.18 Å². The molecule has 0 bridgehead atoms. The molecule has 3 aliphatic rings. The average molecular weight is 444 g/mol. The van der Waals surface area contributed by atoms with Gasteiger partial charge in [-0.15, -0.1) is 0 Å². The number of carbonyl (C=O) groups excluding carboxylic acids is 1. The lowest BCUT2D eigenvalue weighted by Gasteiger charge is -2.45. The topological polar surface area (TPSA) is 53.9 Å². The Hall–Kier alpha value is -3.58. The number of hydrazone groups is 1. The fraction of sp³-hybridized carbons (Fsp3) is 0.120. The minimum atomic E-state index is -1.26. The Morgan fingerprint density at radius 3 is 2.62 bits per heavy atom. The second-order valence-electron chi connectivity index (χ2n) is 7.84. The molecule has 1 spiro atoms. The highest BCUT2D eigenvalue weighted by atomic mass is 32.2. The highest BCUT2D eigenvalue weighted by Gasteiger charge is 2.58. The van der Waals surface area contributed by atoms with Crippen molar-refractivity contribution < 1.29 is 13.9 Å². The molecule has 3 heterocycles. The molecule has 32 heavy (non-hydrogen) atoms. The van der Waals surface area contributed by atoms with Gasteiger partial charge >= 0.3 is 5.85 Å². The van der Waals surface area contributed by atoms with Gasteiger partial charge in [-0.2, -0.15) is 5.10 Å². The van der Waals surface area contributed by atoms with E-state index in [1.807, 2.05) is 65.7 Å². The van der Waals surface area contributed by atoms with Crippen LogP contribution in [0.25, 0.3) is 6.08 Å². The number of halogens is 1. The number of amides is 1. The summed E-state index contributed by atoms with van der Waals surface area (Å²) in [5.74, 6) is -0.855. The normalized spacial score (nSPS) is 24.7. The van der Waals surface area contributed by atoms with Gasteiger partial charge in [0.2, 0.25) is 0 Å². The maximum atomic E-state index is 13.4. The highest BCUT2D eigenvalue weighted by molar-refractivity contribution is 8.17. The van der Waals surface area contributed by atoms with Crippen LogP contribution in [0.3, 0.4) is 0 Å². The van der Waals surface area contributed by atoms with E-state index in [2.05, 4.69) is 5.32 Å². The van der Waals surface area contributed by atoms with Crippen molar-refractivity contribution in [2.45, 2.75) is 18.3 Å². The summed E-state index contributed by atoms with van der Waals surface area (Å²) in [4.78, 5) is 13.3. The zero-order chi connectivity index (χ0) is 21.7. The fourth-order valence-electron chi connectivity index (χ4n) is 4.38. The van der Waals surface area contributed by atoms with Crippen molar-refractivity contribution in [3.05, 3.63) is 106 Å². The Labute approximate surface area is 188 Å². The molecule has 0 aliphatic carbocycles. The molecular weight excluding hydrogens is 425 g/mol. The number of rotatable bonds is 2. The molecule has 1 saturated heterocycles. The number of carbonyl (C=O) groups is 1. The molecule has 6 rings (SSSR count). The van der Waals surface area contributed by atoms with Crippen molar-refractivity contribution in [1.82, 2.24) is 10.3 Å². The second kappa shape index (κ2) is 7.24. The number of hydrogen-bond acceptors (Lipinski definition) is 5. The van der Waals surface area contributed by atoms with Crippen LogP contribution in [-0.2, 0) is 0 Å². The van der Waals surface area contributed by atoms with E-state index in [0.29, 0.717) is 17.1 Å². The van der Waals surface area contributed by atoms with Crippen LogP contribution in [0.4, 0.5) is 9.18 Å². The molecule has 3 aromatic rings. The number of nitrogens with one attached hydrogen (secondary N) is 1. The maximum absolute atomic E-state index is 13.4. The van der Waals surface area contributed by atoms with Crippen molar-refractivity contribution >= 4 is 28.8 Å². The minimum Gasteiger partial charge on any atom is -0.444 e. The largest absolute Gasteiger partial charge is 0.444 e. The van der Waals surface area contributed by atoms with Crippen LogP contribution in [0.2, 0.25) is 0 Å². The Morgan fingerprint density at radius 2 is 1.81 bits per heavy atom. The first-order valence-corrected chi connectivity index (χ1v) is 11.1. The standard InChI is InChI=1S/C25H18FN3O2S/c26-18-12-10-16(11-13-18)14-23-25(27-24(30)32-23)29-21(19-8-4-5-9-22(19)31-25)15-20(28-29)17-6-2-1-3-7-17/h1-14,21H,15H2,(H,27,30)/b23-14-/t21-,25-/m0/s1. The van der Waals surface area contributed by atoms with Gasteiger partial charge in [-0.3, -0.25) is 10.1 Å². The summed E-state index contributed by atoms with van der Waals surface area (Å²) in [6, 6.07) is 23.9. The summed E-state index contributed by atoms with van der Waals surface area (Å²) < 4.78 is 19.9. The van der Waals surface area contributed by atoms with Crippen LogP contribution in [-0.4, -0.2) is 21.8 Å². The lowest BCUT2D eigenvalue weighted by Crippen LogP contribution is -2.61. The number of nitrogens with zero attached hydrogens (tertiary/aromatic N) is 2. The third-order valence-electron chi connectivity index (χ3n) is 5.85. The van der Waals surface area contributed by atoms with E-state index in [-0.39, 0.29) is 17.1 Å². The molecule has 0 radical (unpaired) electrons. The minimum absolute atomic E-state index is 0.0919. The summed E-state index contributed by atoms with van der Waals surface area (Å²) in [7, 11) is 0. The van der Waals surface area contributed by atoms with Crippen LogP contribution < -0.4 is 10.1 Å². The van der Waals surface area contributed by atoms with Crippen LogP contribution in [0.5, 0.6) is 5.75 Å². The molecule has 3 aromatic carbocycles. The third kappa shape index (κ3) is 3.00. The van der Waals surface area contributed by atoms with Crippen molar-refractivity contribution in [3.63, 3.8) is 0 Å². The Morgan fingerprint density at radius 1 is 1.06 bits per heavy atom. The van der Waals surface area contributed by atoms with E-state index in [4.69, 9.17) is 9.84 Å². The molecule has 7 heteroatoms. The Kier molecular flexibility index (Phi) is 4.33. The van der Waals surface area contributed by atoms with Crippen LogP contribution in [0.1, 0.15) is 29.2 Å². The predicted molar refractivity (Wildman–Crippen MR) is 122 cm³/mol. The molecular formula is C25H18FN3O2S. The predicted octanol–water partition coefficient (Wildman–Crippen LogP) is 5.52. The summed E-state index contributed by atoms with van der Waals surface area (Å²) in [5.41, 5.74) is 3.77. The van der Waals surface area contributed by atoms with Crippen molar-refractivity contribution in [1.29, 1.82) is 0 Å². The smallest absolute Gasteiger partial charge is 0.314 e. The summed E-state index contributed by atoms with van der Waals surface area (Å²) in [6.07, 6.45) is 2.54. The van der Waals surface area contributed by atoms with Gasteiger partial charge in [-0.05, 0) is 47.2 Å². The zero-order valence-corrected chi connectivity index (χ0v) is 17.7. The van der Waals surface area contributed by atoms with E-state index in [1.54, 1.807) is 12.1 Å². The van der Waals surface area contributed by atoms with Gasteiger partial charge in [0.1, 0.15) is 11.6 Å². The number of thioether (sulfide) groups is 1. The van der Waals surface area contributed by atoms with E-state index >= 15 is 0 Å². The van der Waals surface area contributed by atoms with E-state index < -0.39 is 5.85 Å². The monoisotopic (exact) mass is 443 g/mol. The first-order valence-electron chi connectivity index (χ1n) is 10.3. The summed E-state index contributed by atoms with van der Waals surface area (Å²) >= 11 is 1.07. The number of hydrogen-bond donors (Lipinski definition) is 1. The first kappa shape index (κ1) is 19.1. The van der Waals surface area contributed by atoms with Crippen molar-refractivity contribution in [2.24, 2.45) is 5.10 Å². The molecule has 1 N–H and O–H groups in total. The quantitative estimate of drug-likeness (QED) is 0.567. The van der Waals surface area contributed by atoms with Gasteiger partial charge < -0.3 is 4.74 Å². The summed E-state index contributed by atoms with van der Waals surface area (Å²) in [6.45, 7) is 0. The average Bonchev–Trinajstić information content (AvgIpc) is 3.39. The summed E-state index contributed by atoms with van der Waals surface area (Å²) in [5, 5.41) is 9.61. The molecule has 3 aliphatic heterocycles. The molecule has 0 saturated carbocycles. The van der Waals surface area contributed by atoms with Gasteiger partial charge in [0, 0.05) is 12.0 Å². The molecule has 5 nitrogen and oxygen atoms in total. The van der Waals surface area contributed by atoms with Crippen LogP contribution in [0.15, 0.2) is 88.9 Å². The SMILES string of the molecule is O=C1N[C@@]2(Oc3ccccc3[C@@H]3CC(c4ccccc4)=NN32)/C(=C/c2ccc(F)cc2)S1. The molecule has 2 atom stereocenters. The van der Waals surface area contributed by atoms with Crippen molar-refractivity contribution in [2.75, 3.05) is 0 Å². The Bertz CT molecular complexity index is 1280. The lowest BCUT2D eigenvalue weighted by molar-refractivity contribution is -0.0949. The molecule has 0 unspecified atom stereocenters. The molecule has 1 amide bonds. The van der Waals surface area contributed by atoms with Crippen LogP contribution >= 0.6 is 11.8 Å². The first-order chi connectivity index (χ1) is 15.6. The van der Waals surface area contributed by atoms with Gasteiger partial charge in [-0.25, -0.2) is 9.40 Å². The second-order valence-corrected chi connectivity index (χ2v) is 8.85. The van der Waals surface area contributed by atoms with Crippen molar-refractivity contribution in [3.8, 4) is 5.75 Å². The molecule has 158 valence electrons. The number of fused-ring (bicyclic) bond motifs is 4. The Balaban J connectivity index is 1.51. The third-order valence-corrected chi connectivity index (χ3v) is 6.75. The number of ether oxygens (including phenoxy) is 1. The zero-order valence-electron chi connectivity index (χ0n) is 16.9. The maximum Gasteiger partial charge on any atom is 0.314 e. The van der Waals surface area contributed by atoms with Gasteiger partial charge in [0.05, 0.1) is 16.7 Å². The van der Waals surface area contributed by atoms with Gasteiger partial charge in [-0.1, -0.05) is 60.7 Å². The van der Waals surface area contributed by atoms with Gasteiger partial charge in [0.25, 0.3) is 5.24 Å². The number of benzene rings is 3. The number of para-hydroxylation sites is 1. The fourth-order valence-corrected chi connectivity index (χ4v) is 5.29. The van der Waals surface area contributed by atoms with Gasteiger partial charge in [0.15, 0.2) is 0 Å². The molecule has 0 aromatic heterocycles. The van der Waals surface area contributed by atoms with Crippen LogP contribution in [0, 0.1) is 5.82 Å². The molecule has 1 fully saturated rings. The van der Waals surface area contributed by atoms with E-state index in [1.165, 1.54) is 12.1 Å². The highest BCUT2D eigenvalue weighted by Crippen LogP contribution is 2.52. The lowest BCUT2D eigenvalue weighted by atomic mass is 9.95.